The Kier molecular flexibility index (Phi) is 6.74. The van der Waals surface area contributed by atoms with Gasteiger partial charge in [-0.2, -0.15) is 0 Å². The first-order valence-electron chi connectivity index (χ1n) is 12.7. The molecular formula is C30H23ClN2O5S. The van der Waals surface area contributed by atoms with Crippen LogP contribution in [0, 0.1) is 11.8 Å². The molecule has 2 atom stereocenters. The first kappa shape index (κ1) is 25.4. The van der Waals surface area contributed by atoms with E-state index in [4.69, 9.17) is 16.3 Å². The zero-order valence-electron chi connectivity index (χ0n) is 20.8. The van der Waals surface area contributed by atoms with Crippen LogP contribution in [0.5, 0.6) is 0 Å². The molecule has 2 unspecified atom stereocenters. The molecule has 2 aliphatic rings. The van der Waals surface area contributed by atoms with Gasteiger partial charge in [0.25, 0.3) is 0 Å². The predicted octanol–water partition coefficient (Wildman–Crippen LogP) is 6.34. The molecule has 2 aromatic heterocycles. The first-order chi connectivity index (χ1) is 18.9. The zero-order chi connectivity index (χ0) is 27.1. The second kappa shape index (κ2) is 10.4. The Morgan fingerprint density at radius 2 is 1.69 bits per heavy atom. The van der Waals surface area contributed by atoms with Crippen LogP contribution < -0.4 is 4.90 Å². The summed E-state index contributed by atoms with van der Waals surface area (Å²) in [5.74, 6) is -1.66. The van der Waals surface area contributed by atoms with Crippen molar-refractivity contribution in [3.8, 4) is 11.3 Å². The highest BCUT2D eigenvalue weighted by Crippen LogP contribution is 2.40. The van der Waals surface area contributed by atoms with Gasteiger partial charge < -0.3 is 4.74 Å². The van der Waals surface area contributed by atoms with Crippen molar-refractivity contribution < 1.29 is 23.9 Å². The van der Waals surface area contributed by atoms with Crippen LogP contribution in [-0.2, 0) is 14.3 Å². The molecule has 4 aromatic rings. The third kappa shape index (κ3) is 4.64. The number of imide groups is 1. The molecule has 1 aliphatic heterocycles. The van der Waals surface area contributed by atoms with Crippen LogP contribution in [0.2, 0.25) is 5.02 Å². The van der Waals surface area contributed by atoms with Crippen LogP contribution in [0.3, 0.4) is 0 Å². The minimum Gasteiger partial charge on any atom is -0.454 e. The topological polar surface area (TPSA) is 93.6 Å². The maximum absolute atomic E-state index is 13.1. The van der Waals surface area contributed by atoms with E-state index in [1.165, 1.54) is 16.2 Å². The van der Waals surface area contributed by atoms with E-state index in [0.29, 0.717) is 37.7 Å². The van der Waals surface area contributed by atoms with Gasteiger partial charge >= 0.3 is 5.97 Å². The van der Waals surface area contributed by atoms with Gasteiger partial charge in [0.05, 0.1) is 44.2 Å². The number of carbonyl (C=O) groups excluding carboxylic acids is 4. The summed E-state index contributed by atoms with van der Waals surface area (Å²) in [5.41, 5.74) is 2.31. The molecule has 3 heterocycles. The highest BCUT2D eigenvalue weighted by atomic mass is 35.5. The lowest BCUT2D eigenvalue weighted by Crippen LogP contribution is -2.30. The highest BCUT2D eigenvalue weighted by Gasteiger charge is 2.48. The van der Waals surface area contributed by atoms with E-state index in [2.05, 4.69) is 4.98 Å². The lowest BCUT2D eigenvalue weighted by atomic mass is 9.81. The molecule has 6 rings (SSSR count). The van der Waals surface area contributed by atoms with Gasteiger partial charge in [0.15, 0.2) is 6.61 Å². The van der Waals surface area contributed by atoms with Crippen molar-refractivity contribution in [3.05, 3.63) is 81.5 Å². The number of pyridine rings is 1. The summed E-state index contributed by atoms with van der Waals surface area (Å²) in [6, 6.07) is 17.1. The zero-order valence-corrected chi connectivity index (χ0v) is 22.3. The van der Waals surface area contributed by atoms with Crippen LogP contribution in [0.1, 0.15) is 45.7 Å². The predicted molar refractivity (Wildman–Crippen MR) is 149 cm³/mol. The molecule has 1 saturated heterocycles. The number of rotatable bonds is 6. The van der Waals surface area contributed by atoms with Crippen molar-refractivity contribution >= 4 is 63.1 Å². The number of halogens is 1. The van der Waals surface area contributed by atoms with E-state index >= 15 is 0 Å². The molecule has 2 fully saturated rings. The molecule has 196 valence electrons. The SMILES string of the molecule is O=C(COC(=O)c1cc(-c2ccc(N3C(=O)C4CCCCC4C3=O)cc2)nc2c(Cl)cccc12)c1cccs1. The number of aromatic nitrogens is 1. The number of Topliss-reactive ketones (excluding diaryl/α,β-unsaturated/α-hetero) is 1. The molecule has 0 spiro atoms. The summed E-state index contributed by atoms with van der Waals surface area (Å²) in [6.07, 6.45) is 3.44. The van der Waals surface area contributed by atoms with E-state index in [-0.39, 0.29) is 41.6 Å². The quantitative estimate of drug-likeness (QED) is 0.156. The fourth-order valence-electron chi connectivity index (χ4n) is 5.45. The molecule has 0 radical (unpaired) electrons. The van der Waals surface area contributed by atoms with E-state index in [0.717, 1.165) is 25.7 Å². The number of ketones is 1. The molecule has 1 saturated carbocycles. The van der Waals surface area contributed by atoms with Crippen molar-refractivity contribution in [2.45, 2.75) is 25.7 Å². The molecule has 2 aromatic carbocycles. The maximum Gasteiger partial charge on any atom is 0.339 e. The molecule has 2 amide bonds. The largest absolute Gasteiger partial charge is 0.454 e. The normalized spacial score (nSPS) is 18.8. The maximum atomic E-state index is 13.1. The number of carbonyl (C=O) groups is 4. The van der Waals surface area contributed by atoms with Crippen LogP contribution in [0.15, 0.2) is 66.0 Å². The smallest absolute Gasteiger partial charge is 0.339 e. The molecule has 0 bridgehead atoms. The van der Waals surface area contributed by atoms with E-state index in [1.54, 1.807) is 66.0 Å². The number of ether oxygens (including phenoxy) is 1. The molecular weight excluding hydrogens is 536 g/mol. The van der Waals surface area contributed by atoms with Crippen LogP contribution in [0.4, 0.5) is 5.69 Å². The Balaban J connectivity index is 1.30. The second-order valence-electron chi connectivity index (χ2n) is 9.72. The summed E-state index contributed by atoms with van der Waals surface area (Å²) in [4.78, 5) is 58.0. The number of esters is 1. The van der Waals surface area contributed by atoms with E-state index in [9.17, 15) is 19.2 Å². The molecule has 7 nitrogen and oxygen atoms in total. The summed E-state index contributed by atoms with van der Waals surface area (Å²) in [5, 5.41) is 2.66. The van der Waals surface area contributed by atoms with Crippen LogP contribution in [0.25, 0.3) is 22.2 Å². The highest BCUT2D eigenvalue weighted by molar-refractivity contribution is 7.12. The lowest BCUT2D eigenvalue weighted by molar-refractivity contribution is -0.122. The number of hydrogen-bond donors (Lipinski definition) is 0. The van der Waals surface area contributed by atoms with Gasteiger partial charge in [-0.05, 0) is 48.6 Å². The Hall–Kier alpha value is -3.88. The number of para-hydroxylation sites is 1. The summed E-state index contributed by atoms with van der Waals surface area (Å²) < 4.78 is 5.37. The van der Waals surface area contributed by atoms with Gasteiger partial charge in [-0.25, -0.2) is 9.78 Å². The Morgan fingerprint density at radius 1 is 0.974 bits per heavy atom. The number of nitrogens with zero attached hydrogens (tertiary/aromatic N) is 2. The number of hydrogen-bond acceptors (Lipinski definition) is 7. The molecule has 9 heteroatoms. The van der Waals surface area contributed by atoms with Gasteiger partial charge in [0.1, 0.15) is 0 Å². The lowest BCUT2D eigenvalue weighted by Gasteiger charge is -2.19. The summed E-state index contributed by atoms with van der Waals surface area (Å²) >= 11 is 7.73. The van der Waals surface area contributed by atoms with Crippen LogP contribution in [-0.4, -0.2) is 35.2 Å². The van der Waals surface area contributed by atoms with Gasteiger partial charge in [0.2, 0.25) is 17.6 Å². The van der Waals surface area contributed by atoms with Crippen molar-refractivity contribution in [2.24, 2.45) is 11.8 Å². The Bertz CT molecular complexity index is 1590. The third-order valence-corrected chi connectivity index (χ3v) is 8.62. The number of fused-ring (bicyclic) bond motifs is 2. The Morgan fingerprint density at radius 3 is 2.36 bits per heavy atom. The van der Waals surface area contributed by atoms with Crippen molar-refractivity contribution in [2.75, 3.05) is 11.5 Å². The summed E-state index contributed by atoms with van der Waals surface area (Å²) in [6.45, 7) is -0.381. The number of anilines is 1. The standard InChI is InChI=1S/C30H23ClN2O5S/c31-23-8-3-7-19-22(30(37)38-16-25(34)26-9-4-14-39-26)15-24(32-27(19)23)17-10-12-18(13-11-17)33-28(35)20-5-1-2-6-21(20)29(33)36/h3-4,7-15,20-21H,1-2,5-6,16H2. The minimum absolute atomic E-state index is 0.129. The summed E-state index contributed by atoms with van der Waals surface area (Å²) in [7, 11) is 0. The number of thiophene rings is 1. The van der Waals surface area contributed by atoms with E-state index < -0.39 is 5.97 Å². The van der Waals surface area contributed by atoms with Gasteiger partial charge in [-0.1, -0.05) is 54.8 Å². The first-order valence-corrected chi connectivity index (χ1v) is 14.0. The Labute approximate surface area is 233 Å². The molecule has 0 N–H and O–H groups in total. The fourth-order valence-corrected chi connectivity index (χ4v) is 6.31. The van der Waals surface area contributed by atoms with Gasteiger partial charge in [0, 0.05) is 10.9 Å². The minimum atomic E-state index is -0.664. The van der Waals surface area contributed by atoms with E-state index in [1.807, 2.05) is 0 Å². The van der Waals surface area contributed by atoms with Crippen LogP contribution >= 0.6 is 22.9 Å². The average Bonchev–Trinajstić information content (AvgIpc) is 3.59. The van der Waals surface area contributed by atoms with Gasteiger partial charge in [-0.3, -0.25) is 19.3 Å². The monoisotopic (exact) mass is 558 g/mol. The van der Waals surface area contributed by atoms with Crippen molar-refractivity contribution in [1.29, 1.82) is 0 Å². The molecule has 1 aliphatic carbocycles. The van der Waals surface area contributed by atoms with Crippen molar-refractivity contribution in [1.82, 2.24) is 4.98 Å². The van der Waals surface area contributed by atoms with Gasteiger partial charge in [-0.15, -0.1) is 11.3 Å². The van der Waals surface area contributed by atoms with Crippen molar-refractivity contribution in [3.63, 3.8) is 0 Å². The number of benzene rings is 2. The third-order valence-electron chi connectivity index (χ3n) is 7.40. The second-order valence-corrected chi connectivity index (χ2v) is 11.1. The number of amides is 2. The fraction of sp³-hybridized carbons (Fsp3) is 0.233. The average molecular weight is 559 g/mol. The molecule has 39 heavy (non-hydrogen) atoms.